The molecule has 0 bridgehead atoms. The number of aliphatic hydroxyl groups excluding tert-OH is 7. The molecular formula is C44H74N2O14. The van der Waals surface area contributed by atoms with Crippen molar-refractivity contribution >= 4 is 12.0 Å². The van der Waals surface area contributed by atoms with Gasteiger partial charge in [0.05, 0.1) is 13.2 Å². The number of rotatable bonds is 16. The Labute approximate surface area is 354 Å². The first-order valence-electron chi connectivity index (χ1n) is 22.6. The van der Waals surface area contributed by atoms with E-state index in [1.54, 1.807) is 0 Å². The van der Waals surface area contributed by atoms with Gasteiger partial charge >= 0.3 is 6.09 Å². The van der Waals surface area contributed by atoms with Crippen molar-refractivity contribution in [3.05, 3.63) is 11.6 Å². The fourth-order valence-corrected chi connectivity index (χ4v) is 12.1. The lowest BCUT2D eigenvalue weighted by molar-refractivity contribution is -0.330. The number of allylic oxidation sites excluding steroid dienone is 1. The standard InChI is InChI=1S/C44H74N2O14/c1-23(2)7-6-8-24(3)28-11-12-29-27-10-9-25-19-26(13-15-43(25,4)30(27)14-16-44(28,29)5)58-42(55)46-18-17-45-33(48)22-57-41-39(54)37(52)35(50)32(60-41)21-56-40-38(53)36(51)34(49)31(20-47)59-40/h9,23-24,26-32,34-41,47,49-54H,6-8,10-22H2,1-5H3,(H,45,48)(H,46,55)/t24?,26?,27?,28-,29?,30?,31-,32-,34-,35-,36+,37+,38+,39+,40+,41+,43+,44-/m1/s1. The van der Waals surface area contributed by atoms with Crippen LogP contribution in [0, 0.1) is 46.3 Å². The van der Waals surface area contributed by atoms with Gasteiger partial charge in [-0.25, -0.2) is 4.79 Å². The first-order chi connectivity index (χ1) is 28.5. The summed E-state index contributed by atoms with van der Waals surface area (Å²) in [7, 11) is 0. The van der Waals surface area contributed by atoms with E-state index in [4.69, 9.17) is 23.7 Å². The molecule has 4 aliphatic carbocycles. The van der Waals surface area contributed by atoms with Crippen LogP contribution in [-0.4, -0.2) is 148 Å². The second kappa shape index (κ2) is 20.3. The summed E-state index contributed by atoms with van der Waals surface area (Å²) in [5.74, 6) is 3.99. The van der Waals surface area contributed by atoms with Gasteiger partial charge in [-0.15, -0.1) is 0 Å². The fourth-order valence-electron chi connectivity index (χ4n) is 12.1. The van der Waals surface area contributed by atoms with Crippen molar-refractivity contribution in [2.45, 2.75) is 173 Å². The summed E-state index contributed by atoms with van der Waals surface area (Å²) in [5.41, 5.74) is 2.03. The van der Waals surface area contributed by atoms with E-state index in [0.717, 1.165) is 55.3 Å². The van der Waals surface area contributed by atoms with Crippen LogP contribution in [0.2, 0.25) is 0 Å². The molecule has 18 atom stereocenters. The highest BCUT2D eigenvalue weighted by atomic mass is 16.7. The Morgan fingerprint density at radius 1 is 0.800 bits per heavy atom. The molecule has 5 unspecified atom stereocenters. The molecule has 2 aliphatic heterocycles. The number of aliphatic hydroxyl groups is 7. The molecule has 16 nitrogen and oxygen atoms in total. The Bertz CT molecular complexity index is 1470. The predicted molar refractivity (Wildman–Crippen MR) is 217 cm³/mol. The molecule has 6 rings (SSSR count). The zero-order valence-corrected chi connectivity index (χ0v) is 36.2. The van der Waals surface area contributed by atoms with Crippen molar-refractivity contribution in [1.29, 1.82) is 0 Å². The Balaban J connectivity index is 0.895. The number of hydrogen-bond acceptors (Lipinski definition) is 14. The molecule has 0 spiro atoms. The van der Waals surface area contributed by atoms with Crippen LogP contribution in [0.1, 0.15) is 105 Å². The number of carbonyl (C=O) groups excluding carboxylic acids is 2. The summed E-state index contributed by atoms with van der Waals surface area (Å²) >= 11 is 0. The van der Waals surface area contributed by atoms with Crippen LogP contribution in [0.25, 0.3) is 0 Å². The maximum absolute atomic E-state index is 12.8. The van der Waals surface area contributed by atoms with E-state index in [1.165, 1.54) is 50.5 Å². The van der Waals surface area contributed by atoms with Gasteiger partial charge in [-0.3, -0.25) is 4.79 Å². The first kappa shape index (κ1) is 47.5. The van der Waals surface area contributed by atoms with Gasteiger partial charge in [0, 0.05) is 19.5 Å². The summed E-state index contributed by atoms with van der Waals surface area (Å²) in [4.78, 5) is 25.4. The van der Waals surface area contributed by atoms with Gasteiger partial charge < -0.3 is 70.1 Å². The molecule has 0 aromatic carbocycles. The van der Waals surface area contributed by atoms with Crippen LogP contribution < -0.4 is 10.6 Å². The molecule has 60 heavy (non-hydrogen) atoms. The molecular weight excluding hydrogens is 780 g/mol. The molecule has 344 valence electrons. The number of alkyl carbamates (subject to hydrolysis) is 1. The Morgan fingerprint density at radius 2 is 1.47 bits per heavy atom. The number of carbonyl (C=O) groups is 2. The normalized spacial score (nSPS) is 43.3. The summed E-state index contributed by atoms with van der Waals surface area (Å²) in [5, 5.41) is 76.1. The third-order valence-corrected chi connectivity index (χ3v) is 15.6. The van der Waals surface area contributed by atoms with Crippen molar-refractivity contribution in [2.24, 2.45) is 46.3 Å². The lowest BCUT2D eigenvalue weighted by atomic mass is 9.47. The van der Waals surface area contributed by atoms with Crippen LogP contribution in [0.3, 0.4) is 0 Å². The van der Waals surface area contributed by atoms with Gasteiger partial charge in [0.25, 0.3) is 0 Å². The topological polar surface area (TPSA) is 246 Å². The number of nitrogens with one attached hydrogen (secondary N) is 2. The second-order valence-corrected chi connectivity index (χ2v) is 19.7. The van der Waals surface area contributed by atoms with Crippen LogP contribution >= 0.6 is 0 Å². The molecule has 16 heteroatoms. The third kappa shape index (κ3) is 10.2. The minimum absolute atomic E-state index is 0.0664. The molecule has 0 aromatic heterocycles. The lowest BCUT2D eigenvalue weighted by Crippen LogP contribution is -2.61. The molecule has 2 amide bonds. The van der Waals surface area contributed by atoms with E-state index in [2.05, 4.69) is 51.3 Å². The highest BCUT2D eigenvalue weighted by molar-refractivity contribution is 5.77. The second-order valence-electron chi connectivity index (χ2n) is 19.7. The Morgan fingerprint density at radius 3 is 2.17 bits per heavy atom. The van der Waals surface area contributed by atoms with Crippen molar-refractivity contribution in [3.8, 4) is 0 Å². The monoisotopic (exact) mass is 855 g/mol. The van der Waals surface area contributed by atoms with Crippen molar-refractivity contribution < 1.29 is 69.0 Å². The Kier molecular flexibility index (Phi) is 16.0. The van der Waals surface area contributed by atoms with Crippen molar-refractivity contribution in [2.75, 3.05) is 32.9 Å². The van der Waals surface area contributed by atoms with Gasteiger partial charge in [0.15, 0.2) is 12.6 Å². The maximum atomic E-state index is 12.8. The van der Waals surface area contributed by atoms with Gasteiger partial charge in [0.1, 0.15) is 61.5 Å². The third-order valence-electron chi connectivity index (χ3n) is 15.6. The molecule has 5 fully saturated rings. The largest absolute Gasteiger partial charge is 0.446 e. The summed E-state index contributed by atoms with van der Waals surface area (Å²) < 4.78 is 27.5. The minimum atomic E-state index is -1.75. The first-order valence-corrected chi connectivity index (χ1v) is 22.6. The number of hydrogen-bond donors (Lipinski definition) is 9. The Hall–Kier alpha value is -1.96. The summed E-state index contributed by atoms with van der Waals surface area (Å²) in [6.07, 6.45) is -0.970. The number of ether oxygens (including phenoxy) is 5. The molecule has 0 radical (unpaired) electrons. The van der Waals surface area contributed by atoms with Crippen LogP contribution in [0.15, 0.2) is 11.6 Å². The van der Waals surface area contributed by atoms with E-state index < -0.39 is 93.2 Å². The predicted octanol–water partition coefficient (Wildman–Crippen LogP) is 1.88. The van der Waals surface area contributed by atoms with Crippen molar-refractivity contribution in [3.63, 3.8) is 0 Å². The SMILES string of the molecule is CC(C)CCCC(C)[C@H]1CCC2C3CC=C4CC(OC(=O)NCCNC(=O)CO[C@H]5O[C@H](CO[C@H]6O[C@H](CO)[C@@H](O)[C@H](O)[C@@H]6O)[C@@H](O)[C@H](O)[C@@H]5O)CC[C@]4(C)C3CC[C@@]21C. The fraction of sp³-hybridized carbons (Fsp3) is 0.909. The summed E-state index contributed by atoms with van der Waals surface area (Å²) in [6, 6.07) is 0. The van der Waals surface area contributed by atoms with E-state index in [0.29, 0.717) is 11.3 Å². The zero-order chi connectivity index (χ0) is 43.5. The molecule has 3 saturated carbocycles. The maximum Gasteiger partial charge on any atom is 0.407 e. The number of amides is 2. The highest BCUT2D eigenvalue weighted by Crippen LogP contribution is 2.67. The minimum Gasteiger partial charge on any atom is -0.446 e. The average Bonchev–Trinajstić information content (AvgIpc) is 3.58. The van der Waals surface area contributed by atoms with Crippen LogP contribution in [0.4, 0.5) is 4.79 Å². The molecule has 2 heterocycles. The molecule has 0 aromatic rings. The number of fused-ring (bicyclic) bond motifs is 5. The zero-order valence-electron chi connectivity index (χ0n) is 36.2. The average molecular weight is 855 g/mol. The van der Waals surface area contributed by atoms with Gasteiger partial charge in [0.2, 0.25) is 5.91 Å². The summed E-state index contributed by atoms with van der Waals surface area (Å²) in [6.45, 7) is 10.6. The van der Waals surface area contributed by atoms with Crippen LogP contribution in [-0.2, 0) is 28.5 Å². The highest BCUT2D eigenvalue weighted by Gasteiger charge is 2.59. The molecule has 2 saturated heterocycles. The van der Waals surface area contributed by atoms with E-state index >= 15 is 0 Å². The van der Waals surface area contributed by atoms with Crippen molar-refractivity contribution in [1.82, 2.24) is 10.6 Å². The van der Waals surface area contributed by atoms with E-state index in [9.17, 15) is 45.3 Å². The quantitative estimate of drug-likeness (QED) is 0.0796. The van der Waals surface area contributed by atoms with Gasteiger partial charge in [-0.2, -0.15) is 0 Å². The van der Waals surface area contributed by atoms with Gasteiger partial charge in [-0.1, -0.05) is 65.5 Å². The molecule has 6 aliphatic rings. The lowest BCUT2D eigenvalue weighted by Gasteiger charge is -2.58. The van der Waals surface area contributed by atoms with Gasteiger partial charge in [-0.05, 0) is 91.3 Å². The van der Waals surface area contributed by atoms with Crippen LogP contribution in [0.5, 0.6) is 0 Å². The van der Waals surface area contributed by atoms with E-state index in [1.807, 2.05) is 0 Å². The molecule has 9 N–H and O–H groups in total. The van der Waals surface area contributed by atoms with E-state index in [-0.39, 0.29) is 24.6 Å². The smallest absolute Gasteiger partial charge is 0.407 e.